The summed E-state index contributed by atoms with van der Waals surface area (Å²) in [6, 6.07) is 24.8. The Labute approximate surface area is 263 Å². The number of hydrogen-bond donors (Lipinski definition) is 3. The van der Waals surface area contributed by atoms with Crippen molar-refractivity contribution < 1.29 is 28.8 Å². The number of nitrogens with zero attached hydrogens (tertiary/aromatic N) is 1. The van der Waals surface area contributed by atoms with Crippen LogP contribution in [-0.4, -0.2) is 42.6 Å². The Balaban J connectivity index is 1.51. The zero-order valence-corrected chi connectivity index (χ0v) is 25.5. The fourth-order valence-corrected chi connectivity index (χ4v) is 4.93. The first kappa shape index (κ1) is 32.3. The first-order valence-electron chi connectivity index (χ1n) is 13.6. The predicted octanol–water partition coefficient (Wildman–Crippen LogP) is 6.06. The number of para-hydroxylation sites is 1. The molecule has 0 aliphatic rings. The van der Waals surface area contributed by atoms with Crippen molar-refractivity contribution in [2.75, 3.05) is 30.6 Å². The van der Waals surface area contributed by atoms with Crippen LogP contribution >= 0.6 is 11.8 Å². The number of benzene rings is 4. The minimum Gasteiger partial charge on any atom is -0.493 e. The van der Waals surface area contributed by atoms with Crippen LogP contribution < -0.4 is 25.4 Å². The number of methoxy groups -OCH3 is 2. The lowest BCUT2D eigenvalue weighted by Gasteiger charge is -2.14. The van der Waals surface area contributed by atoms with Crippen LogP contribution in [0.3, 0.4) is 0 Å². The third kappa shape index (κ3) is 8.71. The van der Waals surface area contributed by atoms with Crippen LogP contribution in [0, 0.1) is 17.0 Å². The van der Waals surface area contributed by atoms with Crippen molar-refractivity contribution in [1.29, 1.82) is 0 Å². The molecule has 4 rings (SSSR count). The summed E-state index contributed by atoms with van der Waals surface area (Å²) in [5.41, 5.74) is 2.19. The maximum atomic E-state index is 13.5. The van der Waals surface area contributed by atoms with Gasteiger partial charge in [0, 0.05) is 33.8 Å². The molecule has 3 N–H and O–H groups in total. The maximum absolute atomic E-state index is 13.5. The van der Waals surface area contributed by atoms with Crippen molar-refractivity contribution in [3.05, 3.63) is 123 Å². The van der Waals surface area contributed by atoms with Gasteiger partial charge in [0.15, 0.2) is 11.5 Å². The highest BCUT2D eigenvalue weighted by molar-refractivity contribution is 8.00. The average Bonchev–Trinajstić information content (AvgIpc) is 3.04. The van der Waals surface area contributed by atoms with E-state index in [0.717, 1.165) is 0 Å². The van der Waals surface area contributed by atoms with Crippen molar-refractivity contribution in [2.45, 2.75) is 11.8 Å². The summed E-state index contributed by atoms with van der Waals surface area (Å²) < 4.78 is 10.9. The van der Waals surface area contributed by atoms with Crippen molar-refractivity contribution in [3.8, 4) is 11.5 Å². The quantitative estimate of drug-likeness (QED) is 0.0744. The summed E-state index contributed by atoms with van der Waals surface area (Å²) in [5.74, 6) is -0.559. The van der Waals surface area contributed by atoms with E-state index in [4.69, 9.17) is 9.47 Å². The molecular formula is C33H30N4O7S. The van der Waals surface area contributed by atoms with Crippen molar-refractivity contribution in [2.24, 2.45) is 0 Å². The molecule has 0 atom stereocenters. The summed E-state index contributed by atoms with van der Waals surface area (Å²) >= 11 is 1.22. The molecule has 0 bridgehead atoms. The summed E-state index contributed by atoms with van der Waals surface area (Å²) in [4.78, 5) is 50.5. The standard InChI is InChI=1S/C33H30N4O7S/c1-21-15-16-25(37(41)42)19-27(21)35-30(38)20-45-26-13-8-12-24(18-26)34-33(40)28(36-32(39)22-9-5-4-6-10-22)17-23-11-7-14-29(43-2)31(23)44-3/h4-19H,20H2,1-3H3,(H,34,40)(H,35,38)(H,36,39)/b28-17+. The van der Waals surface area contributed by atoms with Gasteiger partial charge in [-0.1, -0.05) is 42.5 Å². The molecule has 4 aromatic rings. The molecule has 230 valence electrons. The number of ether oxygens (including phenoxy) is 2. The molecule has 0 radical (unpaired) electrons. The number of anilines is 2. The van der Waals surface area contributed by atoms with E-state index in [-0.39, 0.29) is 23.0 Å². The third-order valence-corrected chi connectivity index (χ3v) is 7.42. The van der Waals surface area contributed by atoms with Crippen LogP contribution in [0.2, 0.25) is 0 Å². The summed E-state index contributed by atoms with van der Waals surface area (Å²) in [6.07, 6.45) is 1.50. The minimum absolute atomic E-state index is 0.0213. The van der Waals surface area contributed by atoms with E-state index in [0.29, 0.717) is 44.5 Å². The monoisotopic (exact) mass is 626 g/mol. The fraction of sp³-hybridized carbons (Fsp3) is 0.121. The Hall–Kier alpha value is -5.62. The Kier molecular flexibility index (Phi) is 10.9. The third-order valence-electron chi connectivity index (χ3n) is 6.43. The molecular weight excluding hydrogens is 596 g/mol. The molecule has 0 spiro atoms. The molecule has 3 amide bonds. The second kappa shape index (κ2) is 15.2. The number of rotatable bonds is 12. The van der Waals surface area contributed by atoms with Crippen LogP contribution in [-0.2, 0) is 9.59 Å². The molecule has 4 aromatic carbocycles. The van der Waals surface area contributed by atoms with Gasteiger partial charge in [-0.3, -0.25) is 24.5 Å². The molecule has 0 aromatic heterocycles. The lowest BCUT2D eigenvalue weighted by Crippen LogP contribution is -2.30. The minimum atomic E-state index is -0.592. The zero-order valence-electron chi connectivity index (χ0n) is 24.7. The smallest absolute Gasteiger partial charge is 0.272 e. The van der Waals surface area contributed by atoms with E-state index >= 15 is 0 Å². The van der Waals surface area contributed by atoms with Gasteiger partial charge in [-0.05, 0) is 55.0 Å². The van der Waals surface area contributed by atoms with E-state index in [1.807, 2.05) is 0 Å². The fourth-order valence-electron chi connectivity index (χ4n) is 4.18. The Morgan fingerprint density at radius 3 is 2.36 bits per heavy atom. The Morgan fingerprint density at radius 1 is 0.889 bits per heavy atom. The molecule has 0 fully saturated rings. The molecule has 11 nitrogen and oxygen atoms in total. The number of hydrogen-bond acceptors (Lipinski definition) is 8. The largest absolute Gasteiger partial charge is 0.493 e. The van der Waals surface area contributed by atoms with Gasteiger partial charge in [0.05, 0.1) is 30.6 Å². The van der Waals surface area contributed by atoms with E-state index < -0.39 is 16.7 Å². The molecule has 0 unspecified atom stereocenters. The molecule has 0 aliphatic carbocycles. The van der Waals surface area contributed by atoms with Crippen LogP contribution in [0.4, 0.5) is 17.1 Å². The Morgan fingerprint density at radius 2 is 1.64 bits per heavy atom. The van der Waals surface area contributed by atoms with Crippen LogP contribution in [0.15, 0.2) is 102 Å². The van der Waals surface area contributed by atoms with Crippen LogP contribution in [0.25, 0.3) is 6.08 Å². The number of nitro groups is 1. The SMILES string of the molecule is COc1cccc(/C=C(/NC(=O)c2ccccc2)C(=O)Nc2cccc(SCC(=O)Nc3cc([N+](=O)[O-])ccc3C)c2)c1OC. The van der Waals surface area contributed by atoms with Gasteiger partial charge in [0.1, 0.15) is 5.70 Å². The van der Waals surface area contributed by atoms with Crippen molar-refractivity contribution in [1.82, 2.24) is 5.32 Å². The van der Waals surface area contributed by atoms with Gasteiger partial charge in [-0.25, -0.2) is 0 Å². The Bertz CT molecular complexity index is 1760. The van der Waals surface area contributed by atoms with Crippen LogP contribution in [0.1, 0.15) is 21.5 Å². The molecule has 0 saturated heterocycles. The number of aryl methyl sites for hydroxylation is 1. The summed E-state index contributed by atoms with van der Waals surface area (Å²) in [5, 5.41) is 19.3. The number of carbonyl (C=O) groups excluding carboxylic acids is 3. The number of non-ortho nitro benzene ring substituents is 1. The van der Waals surface area contributed by atoms with E-state index in [1.54, 1.807) is 85.8 Å². The molecule has 0 saturated carbocycles. The molecule has 0 heterocycles. The highest BCUT2D eigenvalue weighted by Crippen LogP contribution is 2.32. The number of thioether (sulfide) groups is 1. The number of carbonyl (C=O) groups is 3. The van der Waals surface area contributed by atoms with Gasteiger partial charge >= 0.3 is 0 Å². The van der Waals surface area contributed by atoms with E-state index in [2.05, 4.69) is 16.0 Å². The normalized spacial score (nSPS) is 10.9. The van der Waals surface area contributed by atoms with Gasteiger partial charge in [-0.15, -0.1) is 11.8 Å². The number of nitro benzene ring substituents is 1. The molecule has 45 heavy (non-hydrogen) atoms. The van der Waals surface area contributed by atoms with Crippen molar-refractivity contribution in [3.63, 3.8) is 0 Å². The highest BCUT2D eigenvalue weighted by Gasteiger charge is 2.18. The number of nitrogens with one attached hydrogen (secondary N) is 3. The van der Waals surface area contributed by atoms with E-state index in [1.165, 1.54) is 44.2 Å². The first-order valence-corrected chi connectivity index (χ1v) is 14.5. The van der Waals surface area contributed by atoms with Gasteiger partial charge in [0.2, 0.25) is 5.91 Å². The average molecular weight is 627 g/mol. The predicted molar refractivity (Wildman–Crippen MR) is 174 cm³/mol. The zero-order chi connectivity index (χ0) is 32.3. The maximum Gasteiger partial charge on any atom is 0.272 e. The second-order valence-corrected chi connectivity index (χ2v) is 10.6. The summed E-state index contributed by atoms with van der Waals surface area (Å²) in [7, 11) is 2.98. The second-order valence-electron chi connectivity index (χ2n) is 9.54. The number of amides is 3. The lowest BCUT2D eigenvalue weighted by molar-refractivity contribution is -0.384. The van der Waals surface area contributed by atoms with E-state index in [9.17, 15) is 24.5 Å². The first-order chi connectivity index (χ1) is 21.7. The van der Waals surface area contributed by atoms with Crippen LogP contribution in [0.5, 0.6) is 11.5 Å². The van der Waals surface area contributed by atoms with Gasteiger partial charge in [0.25, 0.3) is 17.5 Å². The van der Waals surface area contributed by atoms with Gasteiger partial charge < -0.3 is 25.4 Å². The molecule has 0 aliphatic heterocycles. The summed E-state index contributed by atoms with van der Waals surface area (Å²) in [6.45, 7) is 1.74. The highest BCUT2D eigenvalue weighted by atomic mass is 32.2. The topological polar surface area (TPSA) is 149 Å². The van der Waals surface area contributed by atoms with Gasteiger partial charge in [-0.2, -0.15) is 0 Å². The lowest BCUT2D eigenvalue weighted by atomic mass is 10.1. The molecule has 12 heteroatoms. The van der Waals surface area contributed by atoms with Crippen molar-refractivity contribution >= 4 is 52.6 Å².